The van der Waals surface area contributed by atoms with E-state index in [1.807, 2.05) is 0 Å². The Morgan fingerprint density at radius 2 is 1.23 bits per heavy atom. The summed E-state index contributed by atoms with van der Waals surface area (Å²) in [5.41, 5.74) is 9.91. The Bertz CT molecular complexity index is 1220. The van der Waals surface area contributed by atoms with Crippen molar-refractivity contribution in [3.8, 4) is 23.0 Å². The van der Waals surface area contributed by atoms with Crippen LogP contribution in [0.1, 0.15) is 99.3 Å². The highest BCUT2D eigenvalue weighted by Crippen LogP contribution is 2.62. The molecule has 0 amide bonds. The van der Waals surface area contributed by atoms with Crippen LogP contribution >= 0.6 is 0 Å². The molecule has 0 atom stereocenters. The molecule has 0 heterocycles. The van der Waals surface area contributed by atoms with Gasteiger partial charge >= 0.3 is 0 Å². The minimum Gasteiger partial charge on any atom is -0.0910 e. The van der Waals surface area contributed by atoms with Crippen molar-refractivity contribution < 1.29 is 0 Å². The molecule has 0 heteroatoms. The lowest BCUT2D eigenvalue weighted by molar-refractivity contribution is -0.0181. The quantitative estimate of drug-likeness (QED) is 0.322. The Hall–Kier alpha value is -2.00. The molecule has 0 N–H and O–H groups in total. The van der Waals surface area contributed by atoms with Gasteiger partial charge in [0.25, 0.3) is 0 Å². The number of fused-ring (bicyclic) bond motifs is 3. The second-order valence-corrected chi connectivity index (χ2v) is 14.5. The number of rotatable bonds is 1. The number of benzene rings is 2. The Morgan fingerprint density at radius 1 is 0.629 bits per heavy atom. The van der Waals surface area contributed by atoms with Crippen molar-refractivity contribution >= 4 is 0 Å². The Morgan fingerprint density at radius 3 is 1.86 bits per heavy atom. The van der Waals surface area contributed by atoms with Crippen LogP contribution in [0.2, 0.25) is 0 Å². The van der Waals surface area contributed by atoms with Gasteiger partial charge in [-0.3, -0.25) is 0 Å². The fourth-order valence-corrected chi connectivity index (χ4v) is 11.6. The molecule has 0 nitrogen and oxygen atoms in total. The average Bonchev–Trinajstić information content (AvgIpc) is 3.20. The van der Waals surface area contributed by atoms with Gasteiger partial charge in [0.05, 0.1) is 0 Å². The predicted molar refractivity (Wildman–Crippen MR) is 142 cm³/mol. The van der Waals surface area contributed by atoms with E-state index >= 15 is 0 Å². The first-order valence-corrected chi connectivity index (χ1v) is 14.9. The molecule has 9 aliphatic rings. The Labute approximate surface area is 211 Å². The smallest absolute Gasteiger partial charge is 0.0326 e. The summed E-state index contributed by atoms with van der Waals surface area (Å²) in [6, 6.07) is 14.6. The normalized spacial score (nSPS) is 43.1. The topological polar surface area (TPSA) is 0 Å². The maximum absolute atomic E-state index is 3.95. The molecule has 2 aromatic carbocycles. The largest absolute Gasteiger partial charge is 0.0910 e. The zero-order valence-corrected chi connectivity index (χ0v) is 21.1. The number of hydrogen-bond donors (Lipinski definition) is 0. The minimum atomic E-state index is 0.342. The standard InChI is InChI=1S/C35H38/c1-2-28(6-7-34-16-22-8-23(17-34)10-24(9-22)18-34)33-15-29-14-30(4-5-31(29)32(33)3-1)35-19-25-11-26(20-35)13-27(12-25)21-35/h1-5,14,22-27H,8-13,15-21H2. The van der Waals surface area contributed by atoms with Crippen LogP contribution in [0.5, 0.6) is 0 Å². The summed E-state index contributed by atoms with van der Waals surface area (Å²) in [6.07, 6.45) is 18.7. The summed E-state index contributed by atoms with van der Waals surface area (Å²) in [7, 11) is 0. The summed E-state index contributed by atoms with van der Waals surface area (Å²) >= 11 is 0. The van der Waals surface area contributed by atoms with E-state index in [2.05, 4.69) is 48.2 Å². The molecule has 0 unspecified atom stereocenters. The lowest BCUT2D eigenvalue weighted by atomic mass is 9.48. The van der Waals surface area contributed by atoms with Crippen LogP contribution in [-0.2, 0) is 11.8 Å². The van der Waals surface area contributed by atoms with Gasteiger partial charge in [0, 0.05) is 11.0 Å². The first kappa shape index (κ1) is 20.1. The van der Waals surface area contributed by atoms with Crippen LogP contribution < -0.4 is 0 Å². The molecule has 9 aliphatic carbocycles. The van der Waals surface area contributed by atoms with E-state index in [0.29, 0.717) is 10.8 Å². The molecule has 178 valence electrons. The van der Waals surface area contributed by atoms with Gasteiger partial charge < -0.3 is 0 Å². The third kappa shape index (κ3) is 2.94. The molecule has 0 aromatic heterocycles. The molecule has 35 heavy (non-hydrogen) atoms. The molecule has 11 rings (SSSR count). The van der Waals surface area contributed by atoms with Crippen molar-refractivity contribution in [1.82, 2.24) is 0 Å². The van der Waals surface area contributed by atoms with Gasteiger partial charge in [-0.1, -0.05) is 42.2 Å². The van der Waals surface area contributed by atoms with Crippen LogP contribution in [0.3, 0.4) is 0 Å². The van der Waals surface area contributed by atoms with Gasteiger partial charge in [0.1, 0.15) is 0 Å². The van der Waals surface area contributed by atoms with E-state index in [4.69, 9.17) is 0 Å². The fourth-order valence-electron chi connectivity index (χ4n) is 11.6. The van der Waals surface area contributed by atoms with Gasteiger partial charge in [-0.25, -0.2) is 0 Å². The lowest BCUT2D eigenvalue weighted by Crippen LogP contribution is -2.48. The summed E-state index contributed by atoms with van der Waals surface area (Å²) in [5, 5.41) is 0. The van der Waals surface area contributed by atoms with E-state index in [9.17, 15) is 0 Å². The van der Waals surface area contributed by atoms with E-state index in [0.717, 1.165) is 41.9 Å². The first-order chi connectivity index (χ1) is 17.1. The van der Waals surface area contributed by atoms with Gasteiger partial charge in [-0.15, -0.1) is 0 Å². The second kappa shape index (κ2) is 6.85. The molecular formula is C35H38. The Kier molecular flexibility index (Phi) is 3.93. The molecule has 0 spiro atoms. The molecule has 8 saturated carbocycles. The van der Waals surface area contributed by atoms with Gasteiger partial charge in [0.2, 0.25) is 0 Å². The van der Waals surface area contributed by atoms with E-state index in [1.54, 1.807) is 11.1 Å². The molecule has 8 fully saturated rings. The zero-order valence-electron chi connectivity index (χ0n) is 21.1. The van der Waals surface area contributed by atoms with Crippen LogP contribution in [0, 0.1) is 52.8 Å². The van der Waals surface area contributed by atoms with Crippen LogP contribution in [0.15, 0.2) is 36.4 Å². The highest BCUT2D eigenvalue weighted by molar-refractivity contribution is 5.79. The maximum atomic E-state index is 3.95. The highest BCUT2D eigenvalue weighted by Gasteiger charge is 2.52. The van der Waals surface area contributed by atoms with E-state index in [1.165, 1.54) is 99.3 Å². The summed E-state index contributed by atoms with van der Waals surface area (Å²) in [6.45, 7) is 0. The lowest BCUT2D eigenvalue weighted by Gasteiger charge is -2.57. The van der Waals surface area contributed by atoms with Crippen molar-refractivity contribution in [2.45, 2.75) is 88.9 Å². The molecular weight excluding hydrogens is 420 g/mol. The summed E-state index contributed by atoms with van der Waals surface area (Å²) in [4.78, 5) is 0. The third-order valence-electron chi connectivity index (χ3n) is 12.1. The van der Waals surface area contributed by atoms with Gasteiger partial charge in [-0.2, -0.15) is 0 Å². The summed E-state index contributed by atoms with van der Waals surface area (Å²) in [5.74, 6) is 13.7. The minimum absolute atomic E-state index is 0.342. The van der Waals surface area contributed by atoms with Crippen molar-refractivity contribution in [3.63, 3.8) is 0 Å². The third-order valence-corrected chi connectivity index (χ3v) is 12.1. The maximum Gasteiger partial charge on any atom is 0.0326 e. The first-order valence-electron chi connectivity index (χ1n) is 14.9. The molecule has 0 saturated heterocycles. The second-order valence-electron chi connectivity index (χ2n) is 14.5. The van der Waals surface area contributed by atoms with Crippen molar-refractivity contribution in [2.75, 3.05) is 0 Å². The average molecular weight is 459 g/mol. The van der Waals surface area contributed by atoms with E-state index < -0.39 is 0 Å². The fraction of sp³-hybridized carbons (Fsp3) is 0.600. The molecule has 2 aromatic rings. The van der Waals surface area contributed by atoms with Crippen LogP contribution in [0.4, 0.5) is 0 Å². The predicted octanol–water partition coefficient (Wildman–Crippen LogP) is 8.29. The summed E-state index contributed by atoms with van der Waals surface area (Å²) < 4.78 is 0. The van der Waals surface area contributed by atoms with E-state index in [-0.39, 0.29) is 0 Å². The zero-order chi connectivity index (χ0) is 22.8. The number of hydrogen-bond acceptors (Lipinski definition) is 0. The van der Waals surface area contributed by atoms with Gasteiger partial charge in [0.15, 0.2) is 0 Å². The molecule has 8 bridgehead atoms. The molecule has 0 aliphatic heterocycles. The van der Waals surface area contributed by atoms with Crippen molar-refractivity contribution in [3.05, 3.63) is 58.7 Å². The van der Waals surface area contributed by atoms with Crippen molar-refractivity contribution in [2.24, 2.45) is 40.9 Å². The van der Waals surface area contributed by atoms with Crippen LogP contribution in [-0.4, -0.2) is 0 Å². The Balaban J connectivity index is 1.05. The highest BCUT2D eigenvalue weighted by atomic mass is 14.6. The monoisotopic (exact) mass is 458 g/mol. The SMILES string of the molecule is C(#CC12CC3CC(CC(C3)C1)C2)c1cccc2c1Cc1cc(C34CC5CC(CC(C5)C3)C4)ccc1-2. The van der Waals surface area contributed by atoms with Crippen molar-refractivity contribution in [1.29, 1.82) is 0 Å². The van der Waals surface area contributed by atoms with Gasteiger partial charge in [-0.05, 0) is 158 Å². The molecule has 0 radical (unpaired) electrons. The van der Waals surface area contributed by atoms with Crippen LogP contribution in [0.25, 0.3) is 11.1 Å².